The van der Waals surface area contributed by atoms with Gasteiger partial charge in [0.1, 0.15) is 0 Å². The summed E-state index contributed by atoms with van der Waals surface area (Å²) in [4.78, 5) is 11.3. The summed E-state index contributed by atoms with van der Waals surface area (Å²) >= 11 is 0. The number of hydrogen-bond acceptors (Lipinski definition) is 3. The fraction of sp³-hybridized carbons (Fsp3) is 0.900. The van der Waals surface area contributed by atoms with E-state index in [0.717, 1.165) is 12.8 Å². The quantitative estimate of drug-likeness (QED) is 0.573. The predicted octanol–water partition coefficient (Wildman–Crippen LogP) is 2.00. The van der Waals surface area contributed by atoms with Crippen LogP contribution in [0.1, 0.15) is 33.6 Å². The summed E-state index contributed by atoms with van der Waals surface area (Å²) in [6.07, 6.45) is 1.83. The van der Waals surface area contributed by atoms with E-state index in [1.165, 1.54) is 0 Å². The minimum absolute atomic E-state index is 0.0788. The van der Waals surface area contributed by atoms with Crippen molar-refractivity contribution in [2.75, 3.05) is 19.8 Å². The van der Waals surface area contributed by atoms with E-state index in [-0.39, 0.29) is 11.9 Å². The molecule has 0 aromatic heterocycles. The summed E-state index contributed by atoms with van der Waals surface area (Å²) in [5, 5.41) is 0. The first-order valence-electron chi connectivity index (χ1n) is 5.00. The Labute approximate surface area is 80.4 Å². The average molecular weight is 188 g/mol. The maximum absolute atomic E-state index is 11.3. The Morgan fingerprint density at radius 1 is 1.23 bits per heavy atom. The zero-order valence-electron chi connectivity index (χ0n) is 8.84. The summed E-state index contributed by atoms with van der Waals surface area (Å²) in [5.41, 5.74) is 0. The molecule has 0 spiro atoms. The number of esters is 1. The summed E-state index contributed by atoms with van der Waals surface area (Å²) in [5.74, 6) is -0.206. The molecule has 0 aliphatic rings. The second-order valence-corrected chi connectivity index (χ2v) is 2.90. The van der Waals surface area contributed by atoms with Crippen LogP contribution in [-0.2, 0) is 14.3 Å². The fourth-order valence-corrected chi connectivity index (χ4v) is 1.14. The van der Waals surface area contributed by atoms with E-state index in [0.29, 0.717) is 19.8 Å². The largest absolute Gasteiger partial charge is 0.466 e. The summed E-state index contributed by atoms with van der Waals surface area (Å²) in [6.45, 7) is 7.39. The van der Waals surface area contributed by atoms with Gasteiger partial charge in [-0.05, 0) is 20.3 Å². The van der Waals surface area contributed by atoms with Crippen LogP contribution in [0.2, 0.25) is 0 Å². The van der Waals surface area contributed by atoms with Crippen LogP contribution in [0.15, 0.2) is 0 Å². The van der Waals surface area contributed by atoms with Gasteiger partial charge >= 0.3 is 5.97 Å². The second-order valence-electron chi connectivity index (χ2n) is 2.90. The molecule has 0 radical (unpaired) electrons. The smallest absolute Gasteiger partial charge is 0.311 e. The first kappa shape index (κ1) is 12.4. The number of rotatable bonds is 7. The molecule has 0 heterocycles. The van der Waals surface area contributed by atoms with E-state index < -0.39 is 0 Å². The Morgan fingerprint density at radius 2 is 1.92 bits per heavy atom. The third-order valence-electron chi connectivity index (χ3n) is 1.78. The van der Waals surface area contributed by atoms with Gasteiger partial charge in [-0.1, -0.05) is 13.3 Å². The van der Waals surface area contributed by atoms with Gasteiger partial charge in [0.05, 0.1) is 19.1 Å². The summed E-state index contributed by atoms with van der Waals surface area (Å²) in [6, 6.07) is 0. The van der Waals surface area contributed by atoms with Crippen LogP contribution in [0.3, 0.4) is 0 Å². The van der Waals surface area contributed by atoms with Crippen LogP contribution >= 0.6 is 0 Å². The van der Waals surface area contributed by atoms with Gasteiger partial charge in [0.25, 0.3) is 0 Å². The predicted molar refractivity (Wildman–Crippen MR) is 51.5 cm³/mol. The maximum Gasteiger partial charge on any atom is 0.311 e. The van der Waals surface area contributed by atoms with Crippen molar-refractivity contribution in [3.05, 3.63) is 0 Å². The molecule has 0 fully saturated rings. The standard InChI is InChI=1S/C10H20O3/c1-4-7-9(8-12-5-2)10(11)13-6-3/h9H,4-8H2,1-3H3. The molecule has 0 bridgehead atoms. The lowest BCUT2D eigenvalue weighted by molar-refractivity contribution is -0.150. The molecule has 0 amide bonds. The monoisotopic (exact) mass is 188 g/mol. The van der Waals surface area contributed by atoms with E-state index >= 15 is 0 Å². The van der Waals surface area contributed by atoms with Crippen molar-refractivity contribution in [3.63, 3.8) is 0 Å². The van der Waals surface area contributed by atoms with E-state index in [2.05, 4.69) is 6.92 Å². The highest BCUT2D eigenvalue weighted by Crippen LogP contribution is 2.09. The van der Waals surface area contributed by atoms with Crippen LogP contribution < -0.4 is 0 Å². The molecule has 0 aromatic rings. The lowest BCUT2D eigenvalue weighted by Crippen LogP contribution is -2.22. The highest BCUT2D eigenvalue weighted by molar-refractivity contribution is 5.72. The van der Waals surface area contributed by atoms with Gasteiger partial charge in [0.15, 0.2) is 0 Å². The van der Waals surface area contributed by atoms with Crippen LogP contribution in [0.4, 0.5) is 0 Å². The molecule has 0 rings (SSSR count). The molecular weight excluding hydrogens is 168 g/mol. The third-order valence-corrected chi connectivity index (χ3v) is 1.78. The number of carbonyl (C=O) groups excluding carboxylic acids is 1. The molecule has 1 unspecified atom stereocenters. The second kappa shape index (κ2) is 8.05. The molecule has 0 N–H and O–H groups in total. The molecule has 0 saturated carbocycles. The van der Waals surface area contributed by atoms with Gasteiger partial charge in [-0.15, -0.1) is 0 Å². The van der Waals surface area contributed by atoms with E-state index in [1.807, 2.05) is 13.8 Å². The first-order chi connectivity index (χ1) is 6.26. The van der Waals surface area contributed by atoms with Gasteiger partial charge in [-0.3, -0.25) is 4.79 Å². The molecule has 3 nitrogen and oxygen atoms in total. The molecule has 0 saturated heterocycles. The van der Waals surface area contributed by atoms with Crippen molar-refractivity contribution < 1.29 is 14.3 Å². The molecule has 3 heteroatoms. The molecule has 0 aromatic carbocycles. The highest BCUT2D eigenvalue weighted by atomic mass is 16.5. The molecule has 1 atom stereocenters. The highest BCUT2D eigenvalue weighted by Gasteiger charge is 2.18. The third kappa shape index (κ3) is 5.64. The summed E-state index contributed by atoms with van der Waals surface area (Å²) in [7, 11) is 0. The van der Waals surface area contributed by atoms with Crippen molar-refractivity contribution in [3.8, 4) is 0 Å². The lowest BCUT2D eigenvalue weighted by atomic mass is 10.1. The number of hydrogen-bond donors (Lipinski definition) is 0. The van der Waals surface area contributed by atoms with E-state index in [1.54, 1.807) is 0 Å². The molecule has 13 heavy (non-hydrogen) atoms. The van der Waals surface area contributed by atoms with Crippen molar-refractivity contribution in [2.24, 2.45) is 5.92 Å². The minimum Gasteiger partial charge on any atom is -0.466 e. The van der Waals surface area contributed by atoms with Gasteiger partial charge in [0.2, 0.25) is 0 Å². The SMILES string of the molecule is CCCC(COCC)C(=O)OCC. The Kier molecular flexibility index (Phi) is 7.69. The zero-order valence-corrected chi connectivity index (χ0v) is 8.84. The average Bonchev–Trinajstić information content (AvgIpc) is 2.12. The molecule has 78 valence electrons. The molecular formula is C10H20O3. The van der Waals surface area contributed by atoms with Crippen LogP contribution in [0.5, 0.6) is 0 Å². The number of carbonyl (C=O) groups is 1. The Bertz CT molecular complexity index is 134. The minimum atomic E-state index is -0.127. The van der Waals surface area contributed by atoms with Gasteiger partial charge in [-0.2, -0.15) is 0 Å². The Hall–Kier alpha value is -0.570. The van der Waals surface area contributed by atoms with Crippen molar-refractivity contribution in [1.29, 1.82) is 0 Å². The zero-order chi connectivity index (χ0) is 10.1. The lowest BCUT2D eigenvalue weighted by Gasteiger charge is -2.13. The van der Waals surface area contributed by atoms with Crippen LogP contribution in [0.25, 0.3) is 0 Å². The Morgan fingerprint density at radius 3 is 2.38 bits per heavy atom. The van der Waals surface area contributed by atoms with Gasteiger partial charge < -0.3 is 9.47 Å². The maximum atomic E-state index is 11.3. The van der Waals surface area contributed by atoms with Gasteiger partial charge in [-0.25, -0.2) is 0 Å². The van der Waals surface area contributed by atoms with Crippen molar-refractivity contribution in [2.45, 2.75) is 33.6 Å². The fourth-order valence-electron chi connectivity index (χ4n) is 1.14. The van der Waals surface area contributed by atoms with Crippen molar-refractivity contribution in [1.82, 2.24) is 0 Å². The first-order valence-corrected chi connectivity index (χ1v) is 5.00. The van der Waals surface area contributed by atoms with Crippen LogP contribution in [-0.4, -0.2) is 25.8 Å². The Balaban J connectivity index is 3.83. The van der Waals surface area contributed by atoms with E-state index in [4.69, 9.17) is 9.47 Å². The van der Waals surface area contributed by atoms with E-state index in [9.17, 15) is 4.79 Å². The van der Waals surface area contributed by atoms with Crippen LogP contribution in [0, 0.1) is 5.92 Å². The van der Waals surface area contributed by atoms with Gasteiger partial charge in [0, 0.05) is 6.61 Å². The normalized spacial score (nSPS) is 12.5. The molecule has 0 aliphatic carbocycles. The molecule has 0 aliphatic heterocycles. The number of ether oxygens (including phenoxy) is 2. The van der Waals surface area contributed by atoms with Crippen molar-refractivity contribution >= 4 is 5.97 Å². The summed E-state index contributed by atoms with van der Waals surface area (Å²) < 4.78 is 10.1. The topological polar surface area (TPSA) is 35.5 Å².